The fourth-order valence-corrected chi connectivity index (χ4v) is 1.77. The van der Waals surface area contributed by atoms with Crippen LogP contribution in [0.1, 0.15) is 12.6 Å². The minimum absolute atomic E-state index is 0.0100. The summed E-state index contributed by atoms with van der Waals surface area (Å²) in [4.78, 5) is 13.0. The Balaban J connectivity index is 2.71. The molecule has 0 fully saturated rings. The first-order valence-electron chi connectivity index (χ1n) is 5.19. The van der Waals surface area contributed by atoms with Gasteiger partial charge in [-0.1, -0.05) is 12.1 Å². The number of aryl methyl sites for hydroxylation is 2. The highest BCUT2D eigenvalue weighted by molar-refractivity contribution is 6.01. The lowest BCUT2D eigenvalue weighted by Gasteiger charge is -2.14. The summed E-state index contributed by atoms with van der Waals surface area (Å²) >= 11 is 0. The van der Waals surface area contributed by atoms with Gasteiger partial charge in [0.15, 0.2) is 0 Å². The fraction of sp³-hybridized carbons (Fsp3) is 0.333. The fourth-order valence-electron chi connectivity index (χ4n) is 1.77. The second-order valence-corrected chi connectivity index (χ2v) is 3.96. The van der Waals surface area contributed by atoms with Crippen LogP contribution in [-0.4, -0.2) is 22.7 Å². The van der Waals surface area contributed by atoms with Gasteiger partial charge in [-0.25, -0.2) is 0 Å². The van der Waals surface area contributed by atoms with Crippen molar-refractivity contribution in [2.45, 2.75) is 13.8 Å². The van der Waals surface area contributed by atoms with Gasteiger partial charge in [-0.3, -0.25) is 9.48 Å². The zero-order chi connectivity index (χ0) is 11.9. The van der Waals surface area contributed by atoms with E-state index in [4.69, 9.17) is 0 Å². The standard InChI is InChI=1S/C12H15N3O/c1-8-10-6-5-7-11(14(3)9(2)16)12(10)13-15(8)4/h5-7H,1-4H3. The molecule has 2 aromatic rings. The quantitative estimate of drug-likeness (QED) is 0.731. The maximum atomic E-state index is 11.4. The Kier molecular flexibility index (Phi) is 2.42. The number of benzene rings is 1. The van der Waals surface area contributed by atoms with Crippen LogP contribution in [-0.2, 0) is 11.8 Å². The highest BCUT2D eigenvalue weighted by Gasteiger charge is 2.13. The van der Waals surface area contributed by atoms with Crippen molar-refractivity contribution in [1.29, 1.82) is 0 Å². The van der Waals surface area contributed by atoms with Crippen molar-refractivity contribution in [2.75, 3.05) is 11.9 Å². The highest BCUT2D eigenvalue weighted by atomic mass is 16.2. The third-order valence-corrected chi connectivity index (χ3v) is 2.97. The van der Waals surface area contributed by atoms with Crippen molar-refractivity contribution in [2.24, 2.45) is 7.05 Å². The Hall–Kier alpha value is -1.84. The molecule has 0 saturated heterocycles. The molecule has 1 aromatic heterocycles. The molecule has 0 aliphatic rings. The maximum Gasteiger partial charge on any atom is 0.223 e. The van der Waals surface area contributed by atoms with Gasteiger partial charge in [-0.05, 0) is 13.0 Å². The van der Waals surface area contributed by atoms with Crippen LogP contribution in [0.4, 0.5) is 5.69 Å². The number of hydrogen-bond donors (Lipinski definition) is 0. The second kappa shape index (κ2) is 3.63. The second-order valence-electron chi connectivity index (χ2n) is 3.96. The Morgan fingerprint density at radius 3 is 2.75 bits per heavy atom. The van der Waals surface area contributed by atoms with E-state index in [1.165, 1.54) is 0 Å². The summed E-state index contributed by atoms with van der Waals surface area (Å²) in [5.41, 5.74) is 2.84. The molecule has 0 bridgehead atoms. The number of anilines is 1. The van der Waals surface area contributed by atoms with E-state index in [-0.39, 0.29) is 5.91 Å². The Morgan fingerprint density at radius 1 is 1.44 bits per heavy atom. The molecule has 0 aliphatic heterocycles. The van der Waals surface area contributed by atoms with Gasteiger partial charge in [0.2, 0.25) is 5.91 Å². The van der Waals surface area contributed by atoms with Crippen molar-refractivity contribution >= 4 is 22.5 Å². The number of nitrogens with zero attached hydrogens (tertiary/aromatic N) is 3. The number of fused-ring (bicyclic) bond motifs is 1. The molecular formula is C12H15N3O. The molecule has 16 heavy (non-hydrogen) atoms. The van der Waals surface area contributed by atoms with Crippen LogP contribution < -0.4 is 4.90 Å². The summed E-state index contributed by atoms with van der Waals surface area (Å²) in [6.07, 6.45) is 0. The molecule has 0 saturated carbocycles. The topological polar surface area (TPSA) is 38.1 Å². The summed E-state index contributed by atoms with van der Waals surface area (Å²) < 4.78 is 1.84. The summed E-state index contributed by atoms with van der Waals surface area (Å²) in [6, 6.07) is 5.89. The zero-order valence-electron chi connectivity index (χ0n) is 9.98. The van der Waals surface area contributed by atoms with Crippen LogP contribution in [0.5, 0.6) is 0 Å². The van der Waals surface area contributed by atoms with Gasteiger partial charge in [0, 0.05) is 32.1 Å². The van der Waals surface area contributed by atoms with Crippen LogP contribution in [0.3, 0.4) is 0 Å². The first kappa shape index (κ1) is 10.7. The predicted molar refractivity (Wildman–Crippen MR) is 64.5 cm³/mol. The predicted octanol–water partition coefficient (Wildman–Crippen LogP) is 1.86. The Bertz CT molecular complexity index is 557. The number of carbonyl (C=O) groups is 1. The smallest absolute Gasteiger partial charge is 0.223 e. The molecule has 4 nitrogen and oxygen atoms in total. The van der Waals surface area contributed by atoms with E-state index in [0.29, 0.717) is 0 Å². The van der Waals surface area contributed by atoms with Gasteiger partial charge in [-0.2, -0.15) is 5.10 Å². The molecule has 4 heteroatoms. The van der Waals surface area contributed by atoms with Crippen LogP contribution in [0, 0.1) is 6.92 Å². The van der Waals surface area contributed by atoms with Crippen molar-refractivity contribution in [3.05, 3.63) is 23.9 Å². The van der Waals surface area contributed by atoms with Crippen LogP contribution in [0.15, 0.2) is 18.2 Å². The third kappa shape index (κ3) is 1.46. The minimum Gasteiger partial charge on any atom is -0.314 e. The SMILES string of the molecule is CC(=O)N(C)c1cccc2c(C)n(C)nc12. The molecule has 0 spiro atoms. The number of aromatic nitrogens is 2. The summed E-state index contributed by atoms with van der Waals surface area (Å²) in [6.45, 7) is 3.57. The summed E-state index contributed by atoms with van der Waals surface area (Å²) in [7, 11) is 3.67. The first-order chi connectivity index (χ1) is 7.52. The van der Waals surface area contributed by atoms with Crippen molar-refractivity contribution < 1.29 is 4.79 Å². The van der Waals surface area contributed by atoms with Crippen LogP contribution in [0.2, 0.25) is 0 Å². The maximum absolute atomic E-state index is 11.4. The molecule has 2 rings (SSSR count). The first-order valence-corrected chi connectivity index (χ1v) is 5.19. The lowest BCUT2D eigenvalue weighted by atomic mass is 10.2. The van der Waals surface area contributed by atoms with E-state index in [1.807, 2.05) is 36.9 Å². The third-order valence-electron chi connectivity index (χ3n) is 2.97. The molecule has 84 valence electrons. The number of hydrogen-bond acceptors (Lipinski definition) is 2. The van der Waals surface area contributed by atoms with Gasteiger partial charge in [-0.15, -0.1) is 0 Å². The van der Waals surface area contributed by atoms with Crippen LogP contribution >= 0.6 is 0 Å². The van der Waals surface area contributed by atoms with Crippen molar-refractivity contribution in [3.8, 4) is 0 Å². The number of amides is 1. The minimum atomic E-state index is 0.0100. The Labute approximate surface area is 94.5 Å². The van der Waals surface area contributed by atoms with E-state index >= 15 is 0 Å². The number of rotatable bonds is 1. The lowest BCUT2D eigenvalue weighted by molar-refractivity contribution is -0.116. The molecule has 1 aromatic carbocycles. The highest BCUT2D eigenvalue weighted by Crippen LogP contribution is 2.26. The molecular weight excluding hydrogens is 202 g/mol. The van der Waals surface area contributed by atoms with Gasteiger partial charge in [0.25, 0.3) is 0 Å². The molecule has 0 unspecified atom stereocenters. The molecule has 0 aliphatic carbocycles. The van der Waals surface area contributed by atoms with E-state index in [0.717, 1.165) is 22.3 Å². The average Bonchev–Trinajstić information content (AvgIpc) is 2.54. The van der Waals surface area contributed by atoms with E-state index in [2.05, 4.69) is 5.10 Å². The summed E-state index contributed by atoms with van der Waals surface area (Å²) in [5.74, 6) is 0.0100. The van der Waals surface area contributed by atoms with Gasteiger partial charge < -0.3 is 4.90 Å². The van der Waals surface area contributed by atoms with Gasteiger partial charge >= 0.3 is 0 Å². The Morgan fingerprint density at radius 2 is 2.12 bits per heavy atom. The van der Waals surface area contributed by atoms with Gasteiger partial charge in [0.05, 0.1) is 5.69 Å². The average molecular weight is 217 g/mol. The molecule has 1 heterocycles. The molecule has 0 radical (unpaired) electrons. The molecule has 1 amide bonds. The lowest BCUT2D eigenvalue weighted by Crippen LogP contribution is -2.23. The van der Waals surface area contributed by atoms with Crippen molar-refractivity contribution in [1.82, 2.24) is 9.78 Å². The monoisotopic (exact) mass is 217 g/mol. The van der Waals surface area contributed by atoms with Crippen molar-refractivity contribution in [3.63, 3.8) is 0 Å². The number of carbonyl (C=O) groups excluding carboxylic acids is 1. The zero-order valence-corrected chi connectivity index (χ0v) is 9.98. The normalized spacial score (nSPS) is 10.8. The molecule has 0 N–H and O–H groups in total. The van der Waals surface area contributed by atoms with E-state index < -0.39 is 0 Å². The summed E-state index contributed by atoms with van der Waals surface area (Å²) in [5, 5.41) is 5.53. The van der Waals surface area contributed by atoms with Crippen LogP contribution in [0.25, 0.3) is 10.9 Å². The van der Waals surface area contributed by atoms with E-state index in [1.54, 1.807) is 18.9 Å². The van der Waals surface area contributed by atoms with E-state index in [9.17, 15) is 4.79 Å². The van der Waals surface area contributed by atoms with Gasteiger partial charge in [0.1, 0.15) is 5.52 Å². The molecule has 0 atom stereocenters. The largest absolute Gasteiger partial charge is 0.314 e.